The molecule has 0 aromatic heterocycles. The van der Waals surface area contributed by atoms with E-state index in [-0.39, 0.29) is 5.91 Å². The highest BCUT2D eigenvalue weighted by Crippen LogP contribution is 2.13. The molecule has 5 heteroatoms. The van der Waals surface area contributed by atoms with E-state index in [1.165, 1.54) is 30.8 Å². The van der Waals surface area contributed by atoms with Gasteiger partial charge >= 0.3 is 5.97 Å². The zero-order valence-corrected chi connectivity index (χ0v) is 18.0. The maximum atomic E-state index is 11.6. The molecule has 1 unspecified atom stereocenters. The lowest BCUT2D eigenvalue weighted by atomic mass is 10.1. The molecule has 0 aromatic rings. The van der Waals surface area contributed by atoms with E-state index in [1.54, 1.807) is 11.8 Å². The van der Waals surface area contributed by atoms with Gasteiger partial charge in [-0.15, -0.1) is 0 Å². The Kier molecular flexibility index (Phi) is 13.8. The number of esters is 1. The largest absolute Gasteiger partial charge is 0.467 e. The molecule has 0 fully saturated rings. The highest BCUT2D eigenvalue weighted by Gasteiger charge is 2.19. The van der Waals surface area contributed by atoms with Crippen LogP contribution < -0.4 is 5.32 Å². The Bertz CT molecular complexity index is 531. The predicted molar refractivity (Wildman–Crippen MR) is 112 cm³/mol. The Morgan fingerprint density at radius 2 is 1.54 bits per heavy atom. The van der Waals surface area contributed by atoms with Crippen LogP contribution in [0.15, 0.2) is 34.9 Å². The van der Waals surface area contributed by atoms with Gasteiger partial charge in [-0.1, -0.05) is 34.9 Å². The summed E-state index contributed by atoms with van der Waals surface area (Å²) in [4.78, 5) is 22.8. The van der Waals surface area contributed by atoms with Gasteiger partial charge in [0.15, 0.2) is 0 Å². The second-order valence-electron chi connectivity index (χ2n) is 6.77. The highest BCUT2D eigenvalue weighted by atomic mass is 32.2. The third-order valence-electron chi connectivity index (χ3n) is 3.82. The summed E-state index contributed by atoms with van der Waals surface area (Å²) < 4.78 is 4.72. The van der Waals surface area contributed by atoms with Gasteiger partial charge < -0.3 is 10.1 Å². The molecule has 1 atom stereocenters. The summed E-state index contributed by atoms with van der Waals surface area (Å²) in [6, 6.07) is -0.581. The van der Waals surface area contributed by atoms with E-state index >= 15 is 0 Å². The summed E-state index contributed by atoms with van der Waals surface area (Å²) in [5.41, 5.74) is 4.17. The van der Waals surface area contributed by atoms with Gasteiger partial charge in [-0.2, -0.15) is 11.8 Å². The lowest BCUT2D eigenvalue weighted by Gasteiger charge is -2.14. The van der Waals surface area contributed by atoms with Gasteiger partial charge in [-0.25, -0.2) is 4.79 Å². The SMILES string of the molecule is COC(=O)C(CSCC=C(C)CCC=C(C)CCC=C(C)C)NC(C)=O. The number of rotatable bonds is 12. The number of thioether (sulfide) groups is 1. The highest BCUT2D eigenvalue weighted by molar-refractivity contribution is 7.99. The molecule has 0 aliphatic rings. The molecule has 26 heavy (non-hydrogen) atoms. The number of amides is 1. The van der Waals surface area contributed by atoms with E-state index in [4.69, 9.17) is 4.74 Å². The van der Waals surface area contributed by atoms with Crippen LogP contribution in [0, 0.1) is 0 Å². The van der Waals surface area contributed by atoms with Gasteiger partial charge in [0.05, 0.1) is 7.11 Å². The van der Waals surface area contributed by atoms with Crippen LogP contribution in [0.5, 0.6) is 0 Å². The van der Waals surface area contributed by atoms with Crippen molar-refractivity contribution in [3.05, 3.63) is 34.9 Å². The first-order valence-corrected chi connectivity index (χ1v) is 10.3. The number of nitrogens with one attached hydrogen (secondary N) is 1. The van der Waals surface area contributed by atoms with E-state index in [2.05, 4.69) is 51.2 Å². The minimum atomic E-state index is -0.581. The maximum absolute atomic E-state index is 11.6. The van der Waals surface area contributed by atoms with E-state index in [0.717, 1.165) is 31.4 Å². The number of hydrogen-bond acceptors (Lipinski definition) is 4. The first-order chi connectivity index (χ1) is 12.3. The molecule has 0 bridgehead atoms. The Labute approximate surface area is 163 Å². The van der Waals surface area contributed by atoms with E-state index in [1.807, 2.05) is 0 Å². The van der Waals surface area contributed by atoms with Crippen molar-refractivity contribution in [1.29, 1.82) is 0 Å². The van der Waals surface area contributed by atoms with Crippen molar-refractivity contribution >= 4 is 23.6 Å². The predicted octanol–water partition coefficient (Wildman–Crippen LogP) is 4.82. The third kappa shape index (κ3) is 13.8. The summed E-state index contributed by atoms with van der Waals surface area (Å²) in [6.45, 7) is 10.0. The van der Waals surface area contributed by atoms with E-state index in [9.17, 15) is 9.59 Å². The van der Waals surface area contributed by atoms with Gasteiger partial charge in [0.25, 0.3) is 0 Å². The van der Waals surface area contributed by atoms with Crippen molar-refractivity contribution in [2.24, 2.45) is 0 Å². The molecule has 0 aromatic carbocycles. The Morgan fingerprint density at radius 3 is 2.08 bits per heavy atom. The van der Waals surface area contributed by atoms with Crippen LogP contribution >= 0.6 is 11.8 Å². The van der Waals surface area contributed by atoms with Gasteiger partial charge in [-0.3, -0.25) is 4.79 Å². The topological polar surface area (TPSA) is 55.4 Å². The summed E-state index contributed by atoms with van der Waals surface area (Å²) in [7, 11) is 1.33. The second kappa shape index (κ2) is 14.7. The zero-order chi connectivity index (χ0) is 19.9. The van der Waals surface area contributed by atoms with Crippen LogP contribution in [0.3, 0.4) is 0 Å². The molecule has 0 spiro atoms. The lowest BCUT2D eigenvalue weighted by Crippen LogP contribution is -2.42. The first-order valence-electron chi connectivity index (χ1n) is 9.13. The number of allylic oxidation sites excluding steroid dienone is 5. The molecule has 4 nitrogen and oxygen atoms in total. The fourth-order valence-electron chi connectivity index (χ4n) is 2.28. The third-order valence-corrected chi connectivity index (χ3v) is 4.79. The molecule has 0 saturated carbocycles. The maximum Gasteiger partial charge on any atom is 0.329 e. The Hall–Kier alpha value is -1.49. The molecule has 0 radical (unpaired) electrons. The number of carbonyl (C=O) groups is 2. The fraction of sp³-hybridized carbons (Fsp3) is 0.619. The summed E-state index contributed by atoms with van der Waals surface area (Å²) in [6.07, 6.45) is 11.2. The molecule has 148 valence electrons. The Morgan fingerprint density at radius 1 is 0.962 bits per heavy atom. The molecule has 0 heterocycles. The minimum Gasteiger partial charge on any atom is -0.467 e. The normalized spacial score (nSPS) is 13.2. The monoisotopic (exact) mass is 381 g/mol. The van der Waals surface area contributed by atoms with Crippen LogP contribution in [0.2, 0.25) is 0 Å². The quantitative estimate of drug-likeness (QED) is 0.299. The number of hydrogen-bond donors (Lipinski definition) is 1. The average Bonchev–Trinajstić information content (AvgIpc) is 2.56. The van der Waals surface area contributed by atoms with Crippen molar-refractivity contribution < 1.29 is 14.3 Å². The van der Waals surface area contributed by atoms with E-state index in [0.29, 0.717) is 5.75 Å². The zero-order valence-electron chi connectivity index (χ0n) is 17.2. The number of ether oxygens (including phenoxy) is 1. The summed E-state index contributed by atoms with van der Waals surface area (Å²) in [5.74, 6) is 0.711. The fourth-order valence-corrected chi connectivity index (χ4v) is 3.28. The Balaban J connectivity index is 4.14. The van der Waals surface area contributed by atoms with Gasteiger partial charge in [0.2, 0.25) is 5.91 Å². The van der Waals surface area contributed by atoms with Crippen LogP contribution in [0.4, 0.5) is 0 Å². The smallest absolute Gasteiger partial charge is 0.329 e. The van der Waals surface area contributed by atoms with Crippen molar-refractivity contribution in [1.82, 2.24) is 5.32 Å². The van der Waals surface area contributed by atoms with Crippen molar-refractivity contribution in [3.63, 3.8) is 0 Å². The molecule has 1 N–H and O–H groups in total. The van der Waals surface area contributed by atoms with Crippen molar-refractivity contribution in [3.8, 4) is 0 Å². The number of carbonyl (C=O) groups excluding carboxylic acids is 2. The molecular weight excluding hydrogens is 346 g/mol. The van der Waals surface area contributed by atoms with Crippen LogP contribution in [0.25, 0.3) is 0 Å². The average molecular weight is 382 g/mol. The van der Waals surface area contributed by atoms with Gasteiger partial charge in [0, 0.05) is 18.4 Å². The number of methoxy groups -OCH3 is 1. The first kappa shape index (κ1) is 24.5. The lowest BCUT2D eigenvalue weighted by molar-refractivity contribution is -0.144. The minimum absolute atomic E-state index is 0.223. The van der Waals surface area contributed by atoms with Crippen LogP contribution in [-0.4, -0.2) is 36.5 Å². The molecule has 0 aliphatic heterocycles. The summed E-state index contributed by atoms with van der Waals surface area (Å²) in [5, 5.41) is 2.62. The van der Waals surface area contributed by atoms with Crippen LogP contribution in [-0.2, 0) is 14.3 Å². The molecule has 0 rings (SSSR count). The molecule has 1 amide bonds. The van der Waals surface area contributed by atoms with Gasteiger partial charge in [0.1, 0.15) is 6.04 Å². The van der Waals surface area contributed by atoms with Gasteiger partial charge in [-0.05, 0) is 53.4 Å². The second-order valence-corrected chi connectivity index (χ2v) is 7.85. The van der Waals surface area contributed by atoms with Crippen LogP contribution in [0.1, 0.15) is 60.3 Å². The molecule has 0 aliphatic carbocycles. The standard InChI is InChI=1S/C21H35NO3S/c1-16(2)9-7-10-17(3)11-8-12-18(4)13-14-26-15-20(21(24)25-6)22-19(5)23/h9,11,13,20H,7-8,10,12,14-15H2,1-6H3,(H,22,23). The summed E-state index contributed by atoms with van der Waals surface area (Å²) >= 11 is 1.62. The van der Waals surface area contributed by atoms with Crippen molar-refractivity contribution in [2.45, 2.75) is 66.3 Å². The van der Waals surface area contributed by atoms with E-state index < -0.39 is 12.0 Å². The van der Waals surface area contributed by atoms with Crippen molar-refractivity contribution in [2.75, 3.05) is 18.6 Å². The molecule has 0 saturated heterocycles. The molecular formula is C21H35NO3S.